The Morgan fingerprint density at radius 2 is 1.88 bits per heavy atom. The predicted molar refractivity (Wildman–Crippen MR) is 87.7 cm³/mol. The van der Waals surface area contributed by atoms with Crippen LogP contribution >= 0.6 is 11.6 Å². The number of nitrogens with zero attached hydrogens (tertiary/aromatic N) is 4. The van der Waals surface area contributed by atoms with E-state index in [0.717, 1.165) is 48.9 Å². The molecule has 0 N–H and O–H groups in total. The summed E-state index contributed by atoms with van der Waals surface area (Å²) in [7, 11) is 0. The predicted octanol–water partition coefficient (Wildman–Crippen LogP) is 3.68. The van der Waals surface area contributed by atoms with Crippen molar-refractivity contribution in [3.63, 3.8) is 0 Å². The van der Waals surface area contributed by atoms with Gasteiger partial charge in [-0.25, -0.2) is 4.98 Å². The first kappa shape index (κ1) is 18.0. The van der Waals surface area contributed by atoms with E-state index in [1.165, 1.54) is 0 Å². The molecule has 2 aromatic rings. The molecule has 3 rings (SSSR count). The summed E-state index contributed by atoms with van der Waals surface area (Å²) in [6.07, 6.45) is -3.61. The Balaban J connectivity index is 1.64. The molecule has 0 amide bonds. The van der Waals surface area contributed by atoms with Crippen molar-refractivity contribution in [1.29, 1.82) is 0 Å². The second kappa shape index (κ2) is 6.84. The van der Waals surface area contributed by atoms with Gasteiger partial charge < -0.3 is 9.42 Å². The van der Waals surface area contributed by atoms with E-state index in [2.05, 4.69) is 15.0 Å². The lowest BCUT2D eigenvalue weighted by Crippen LogP contribution is -2.46. The van der Waals surface area contributed by atoms with Crippen molar-refractivity contribution in [2.75, 3.05) is 31.1 Å². The van der Waals surface area contributed by atoms with Crippen LogP contribution in [0.1, 0.15) is 22.6 Å². The van der Waals surface area contributed by atoms with Gasteiger partial charge in [-0.3, -0.25) is 4.90 Å². The lowest BCUT2D eigenvalue weighted by atomic mass is 10.1. The van der Waals surface area contributed by atoms with E-state index in [1.807, 2.05) is 18.7 Å². The molecule has 5 nitrogen and oxygen atoms in total. The number of hydrogen-bond acceptors (Lipinski definition) is 5. The highest BCUT2D eigenvalue weighted by Crippen LogP contribution is 2.33. The molecule has 0 unspecified atom stereocenters. The molecule has 136 valence electrons. The lowest BCUT2D eigenvalue weighted by Gasteiger charge is -2.35. The molecule has 25 heavy (non-hydrogen) atoms. The zero-order valence-corrected chi connectivity index (χ0v) is 14.7. The van der Waals surface area contributed by atoms with Gasteiger partial charge in [0, 0.05) is 44.5 Å². The Labute approximate surface area is 148 Å². The number of hydrogen-bond donors (Lipinski definition) is 0. The SMILES string of the molecule is Cc1noc(C)c1CN1CCN(c2ncc(C(F)(F)F)cc2Cl)CC1. The van der Waals surface area contributed by atoms with Gasteiger partial charge in [0.15, 0.2) is 0 Å². The summed E-state index contributed by atoms with van der Waals surface area (Å²) in [4.78, 5) is 8.09. The molecule has 0 atom stereocenters. The second-order valence-electron chi connectivity index (χ2n) is 6.09. The van der Waals surface area contributed by atoms with Crippen LogP contribution < -0.4 is 4.90 Å². The van der Waals surface area contributed by atoms with Crippen molar-refractivity contribution in [2.45, 2.75) is 26.6 Å². The van der Waals surface area contributed by atoms with Gasteiger partial charge in [0.05, 0.1) is 16.3 Å². The molecule has 1 aliphatic rings. The molecule has 1 saturated heterocycles. The molecule has 1 fully saturated rings. The number of pyridine rings is 1. The molecule has 0 aliphatic carbocycles. The Morgan fingerprint density at radius 1 is 1.20 bits per heavy atom. The van der Waals surface area contributed by atoms with Crippen molar-refractivity contribution in [2.24, 2.45) is 0 Å². The number of alkyl halides is 3. The number of halogens is 4. The first-order chi connectivity index (χ1) is 11.8. The summed E-state index contributed by atoms with van der Waals surface area (Å²) < 4.78 is 43.3. The van der Waals surface area contributed by atoms with Gasteiger partial charge in [-0.2, -0.15) is 13.2 Å². The van der Waals surface area contributed by atoms with Crippen molar-refractivity contribution in [3.05, 3.63) is 39.9 Å². The van der Waals surface area contributed by atoms with E-state index >= 15 is 0 Å². The van der Waals surface area contributed by atoms with Crippen LogP contribution in [0, 0.1) is 13.8 Å². The molecule has 0 radical (unpaired) electrons. The molecular weight excluding hydrogens is 357 g/mol. The van der Waals surface area contributed by atoms with Crippen LogP contribution in [-0.4, -0.2) is 41.2 Å². The maximum Gasteiger partial charge on any atom is 0.417 e. The molecule has 9 heteroatoms. The van der Waals surface area contributed by atoms with Crippen LogP contribution in [0.2, 0.25) is 5.02 Å². The van der Waals surface area contributed by atoms with Gasteiger partial charge in [0.1, 0.15) is 11.6 Å². The van der Waals surface area contributed by atoms with E-state index in [0.29, 0.717) is 18.9 Å². The first-order valence-corrected chi connectivity index (χ1v) is 8.25. The minimum absolute atomic E-state index is 0.0222. The molecule has 0 saturated carbocycles. The quantitative estimate of drug-likeness (QED) is 0.820. The highest BCUT2D eigenvalue weighted by Gasteiger charge is 2.32. The molecular formula is C16H18ClF3N4O. The molecule has 0 aromatic carbocycles. The number of aryl methyl sites for hydroxylation is 2. The van der Waals surface area contributed by atoms with Crippen LogP contribution in [0.3, 0.4) is 0 Å². The molecule has 3 heterocycles. The van der Waals surface area contributed by atoms with Crippen LogP contribution in [-0.2, 0) is 12.7 Å². The minimum atomic E-state index is -4.44. The number of aromatic nitrogens is 2. The third kappa shape index (κ3) is 3.90. The number of piperazine rings is 1. The van der Waals surface area contributed by atoms with Crippen LogP contribution in [0.25, 0.3) is 0 Å². The minimum Gasteiger partial charge on any atom is -0.361 e. The Morgan fingerprint density at radius 3 is 2.40 bits per heavy atom. The highest BCUT2D eigenvalue weighted by atomic mass is 35.5. The first-order valence-electron chi connectivity index (χ1n) is 7.87. The van der Waals surface area contributed by atoms with Crippen LogP contribution in [0.15, 0.2) is 16.8 Å². The Bertz CT molecular complexity index is 735. The van der Waals surface area contributed by atoms with Gasteiger partial charge in [0.25, 0.3) is 0 Å². The number of rotatable bonds is 3. The van der Waals surface area contributed by atoms with E-state index in [1.54, 1.807) is 0 Å². The normalized spacial score (nSPS) is 16.5. The third-order valence-electron chi connectivity index (χ3n) is 4.38. The fraction of sp³-hybridized carbons (Fsp3) is 0.500. The summed E-state index contributed by atoms with van der Waals surface area (Å²) in [5, 5.41) is 3.97. The van der Waals surface area contributed by atoms with Gasteiger partial charge in [0.2, 0.25) is 0 Å². The monoisotopic (exact) mass is 374 g/mol. The van der Waals surface area contributed by atoms with E-state index < -0.39 is 11.7 Å². The average Bonchev–Trinajstić information content (AvgIpc) is 2.87. The Kier molecular flexibility index (Phi) is 4.92. The summed E-state index contributed by atoms with van der Waals surface area (Å²) >= 11 is 6.02. The van der Waals surface area contributed by atoms with E-state index in [4.69, 9.17) is 16.1 Å². The maximum atomic E-state index is 12.7. The van der Waals surface area contributed by atoms with Gasteiger partial charge >= 0.3 is 6.18 Å². The van der Waals surface area contributed by atoms with Gasteiger partial charge in [-0.05, 0) is 19.9 Å². The zero-order valence-electron chi connectivity index (χ0n) is 13.9. The van der Waals surface area contributed by atoms with Crippen LogP contribution in [0.5, 0.6) is 0 Å². The van der Waals surface area contributed by atoms with E-state index in [9.17, 15) is 13.2 Å². The largest absolute Gasteiger partial charge is 0.417 e. The van der Waals surface area contributed by atoms with E-state index in [-0.39, 0.29) is 5.02 Å². The zero-order chi connectivity index (χ0) is 18.2. The fourth-order valence-corrected chi connectivity index (χ4v) is 3.17. The van der Waals surface area contributed by atoms with Crippen molar-refractivity contribution in [3.8, 4) is 0 Å². The molecule has 2 aromatic heterocycles. The maximum absolute atomic E-state index is 12.7. The fourth-order valence-electron chi connectivity index (χ4n) is 2.89. The van der Waals surface area contributed by atoms with Crippen molar-refractivity contribution >= 4 is 17.4 Å². The Hall–Kier alpha value is -1.80. The van der Waals surface area contributed by atoms with Gasteiger partial charge in [-0.15, -0.1) is 0 Å². The third-order valence-corrected chi connectivity index (χ3v) is 4.66. The summed E-state index contributed by atoms with van der Waals surface area (Å²) in [6.45, 7) is 7.32. The van der Waals surface area contributed by atoms with Crippen molar-refractivity contribution in [1.82, 2.24) is 15.0 Å². The molecule has 0 bridgehead atoms. The standard InChI is InChI=1S/C16H18ClF3N4O/c1-10-13(11(2)25-22-10)9-23-3-5-24(6-4-23)15-14(17)7-12(8-21-15)16(18,19)20/h7-8H,3-6,9H2,1-2H3. The number of anilines is 1. The highest BCUT2D eigenvalue weighted by molar-refractivity contribution is 6.33. The summed E-state index contributed by atoms with van der Waals surface area (Å²) in [5.74, 6) is 1.21. The van der Waals surface area contributed by atoms with Gasteiger partial charge in [-0.1, -0.05) is 16.8 Å². The molecule has 0 spiro atoms. The molecule has 1 aliphatic heterocycles. The smallest absolute Gasteiger partial charge is 0.361 e. The lowest BCUT2D eigenvalue weighted by molar-refractivity contribution is -0.137. The van der Waals surface area contributed by atoms with Crippen molar-refractivity contribution < 1.29 is 17.7 Å². The van der Waals surface area contributed by atoms with Crippen LogP contribution in [0.4, 0.5) is 19.0 Å². The topological polar surface area (TPSA) is 45.4 Å². The summed E-state index contributed by atoms with van der Waals surface area (Å²) in [6, 6.07) is 0.931. The summed E-state index contributed by atoms with van der Waals surface area (Å²) in [5.41, 5.74) is 1.13. The second-order valence-corrected chi connectivity index (χ2v) is 6.50. The average molecular weight is 375 g/mol.